The van der Waals surface area contributed by atoms with Crippen LogP contribution in [0.4, 0.5) is 5.82 Å². The van der Waals surface area contributed by atoms with E-state index in [2.05, 4.69) is 20.8 Å². The maximum atomic E-state index is 12.2. The van der Waals surface area contributed by atoms with Crippen molar-refractivity contribution in [3.05, 3.63) is 47.8 Å². The number of rotatable bonds is 8. The fraction of sp³-hybridized carbons (Fsp3) is 0.478. The average Bonchev–Trinajstić information content (AvgIpc) is 3.22. The van der Waals surface area contributed by atoms with E-state index >= 15 is 0 Å². The van der Waals surface area contributed by atoms with Crippen molar-refractivity contribution in [3.63, 3.8) is 0 Å². The van der Waals surface area contributed by atoms with Crippen molar-refractivity contribution in [2.75, 3.05) is 11.9 Å². The molecule has 0 aliphatic heterocycles. The molecule has 1 aliphatic carbocycles. The van der Waals surface area contributed by atoms with Gasteiger partial charge in [-0.2, -0.15) is 4.52 Å². The van der Waals surface area contributed by atoms with Gasteiger partial charge in [0.05, 0.1) is 0 Å². The summed E-state index contributed by atoms with van der Waals surface area (Å²) in [5.74, 6) is 1.57. The van der Waals surface area contributed by atoms with Gasteiger partial charge in [0.15, 0.2) is 11.5 Å². The SMILES string of the molecule is C[C@@H](c1ccc(O)cc1)c1nnc2ccc(N[C@H]3CCCC[C@H]3NC(=O)CCCO)nn12. The van der Waals surface area contributed by atoms with Crippen LogP contribution in [0.15, 0.2) is 36.4 Å². The van der Waals surface area contributed by atoms with Crippen LogP contribution >= 0.6 is 0 Å². The minimum absolute atomic E-state index is 0.0214. The van der Waals surface area contributed by atoms with Crippen LogP contribution in [0.25, 0.3) is 5.65 Å². The third kappa shape index (κ3) is 4.99. The molecule has 2 heterocycles. The number of phenols is 1. The highest BCUT2D eigenvalue weighted by Crippen LogP contribution is 2.26. The number of nitrogens with zero attached hydrogens (tertiary/aromatic N) is 4. The molecule has 1 aromatic carbocycles. The number of carbonyl (C=O) groups is 1. The molecule has 0 unspecified atom stereocenters. The summed E-state index contributed by atoms with van der Waals surface area (Å²) in [7, 11) is 0. The molecule has 0 spiro atoms. The van der Waals surface area contributed by atoms with Gasteiger partial charge in [0.1, 0.15) is 11.6 Å². The van der Waals surface area contributed by atoms with E-state index in [0.29, 0.717) is 30.1 Å². The zero-order chi connectivity index (χ0) is 22.5. The normalized spacial score (nSPS) is 19.6. The van der Waals surface area contributed by atoms with Crippen LogP contribution in [-0.4, -0.2) is 54.6 Å². The van der Waals surface area contributed by atoms with E-state index in [4.69, 9.17) is 10.2 Å². The Labute approximate surface area is 186 Å². The van der Waals surface area contributed by atoms with E-state index in [1.54, 1.807) is 16.6 Å². The number of aliphatic hydroxyl groups is 1. The minimum atomic E-state index is -0.0541. The molecule has 9 heteroatoms. The second-order valence-corrected chi connectivity index (χ2v) is 8.40. The molecule has 0 saturated heterocycles. The molecule has 1 amide bonds. The molecular weight excluding hydrogens is 408 g/mol. The fourth-order valence-corrected chi connectivity index (χ4v) is 4.25. The number of benzene rings is 1. The Morgan fingerprint density at radius 3 is 2.62 bits per heavy atom. The standard InChI is InChI=1S/C23H30N6O3/c1-15(16-8-10-17(31)11-9-16)23-27-26-21-13-12-20(28-29(21)23)24-18-5-2-3-6-19(18)25-22(32)7-4-14-30/h8-13,15,18-19,30-31H,2-7,14H2,1H3,(H,24,28)(H,25,32)/t15-,18-,19+/m0/s1. The van der Waals surface area contributed by atoms with Crippen molar-refractivity contribution in [1.29, 1.82) is 0 Å². The van der Waals surface area contributed by atoms with Gasteiger partial charge in [-0.05, 0) is 49.1 Å². The van der Waals surface area contributed by atoms with Crippen molar-refractivity contribution in [2.45, 2.75) is 63.5 Å². The van der Waals surface area contributed by atoms with E-state index in [1.807, 2.05) is 31.2 Å². The van der Waals surface area contributed by atoms with Gasteiger partial charge in [0.2, 0.25) is 5.91 Å². The smallest absolute Gasteiger partial charge is 0.220 e. The molecule has 4 rings (SSSR count). The molecule has 2 aromatic heterocycles. The molecule has 1 aliphatic rings. The van der Waals surface area contributed by atoms with Crippen LogP contribution in [0.5, 0.6) is 5.75 Å². The van der Waals surface area contributed by atoms with Crippen molar-refractivity contribution < 1.29 is 15.0 Å². The topological polar surface area (TPSA) is 125 Å². The highest BCUT2D eigenvalue weighted by atomic mass is 16.3. The Kier molecular flexibility index (Phi) is 6.84. The number of hydrogen-bond donors (Lipinski definition) is 4. The zero-order valence-electron chi connectivity index (χ0n) is 18.2. The zero-order valence-corrected chi connectivity index (χ0v) is 18.2. The van der Waals surface area contributed by atoms with Gasteiger partial charge in [-0.25, -0.2) is 0 Å². The summed E-state index contributed by atoms with van der Waals surface area (Å²) in [5.41, 5.74) is 1.67. The molecule has 1 fully saturated rings. The molecule has 0 bridgehead atoms. The Morgan fingerprint density at radius 1 is 1.12 bits per heavy atom. The van der Waals surface area contributed by atoms with Crippen LogP contribution in [0.3, 0.4) is 0 Å². The van der Waals surface area contributed by atoms with E-state index < -0.39 is 0 Å². The summed E-state index contributed by atoms with van der Waals surface area (Å²) in [4.78, 5) is 12.2. The van der Waals surface area contributed by atoms with Gasteiger partial charge in [0, 0.05) is 31.0 Å². The second kappa shape index (κ2) is 9.95. The molecule has 3 atom stereocenters. The van der Waals surface area contributed by atoms with Crippen molar-refractivity contribution in [2.24, 2.45) is 0 Å². The van der Waals surface area contributed by atoms with E-state index in [0.717, 1.165) is 31.2 Å². The fourth-order valence-electron chi connectivity index (χ4n) is 4.25. The Morgan fingerprint density at radius 2 is 1.88 bits per heavy atom. The van der Waals surface area contributed by atoms with E-state index in [1.165, 1.54) is 0 Å². The quantitative estimate of drug-likeness (QED) is 0.426. The lowest BCUT2D eigenvalue weighted by Crippen LogP contribution is -2.48. The summed E-state index contributed by atoms with van der Waals surface area (Å²) in [6, 6.07) is 10.9. The first-order valence-electron chi connectivity index (χ1n) is 11.2. The van der Waals surface area contributed by atoms with Gasteiger partial charge in [-0.15, -0.1) is 15.3 Å². The number of amides is 1. The first kappa shape index (κ1) is 22.0. The number of carbonyl (C=O) groups excluding carboxylic acids is 1. The lowest BCUT2D eigenvalue weighted by atomic mass is 9.90. The van der Waals surface area contributed by atoms with Crippen LogP contribution in [0.1, 0.15) is 62.8 Å². The van der Waals surface area contributed by atoms with Crippen molar-refractivity contribution in [1.82, 2.24) is 25.1 Å². The largest absolute Gasteiger partial charge is 0.508 e. The number of phenolic OH excluding ortho intramolecular Hbond substituents is 1. The Balaban J connectivity index is 1.52. The number of aromatic nitrogens is 4. The van der Waals surface area contributed by atoms with Gasteiger partial charge in [-0.1, -0.05) is 31.9 Å². The second-order valence-electron chi connectivity index (χ2n) is 8.40. The molecule has 3 aromatic rings. The Hall–Kier alpha value is -3.20. The summed E-state index contributed by atoms with van der Waals surface area (Å²) in [5, 5.41) is 38.5. The summed E-state index contributed by atoms with van der Waals surface area (Å²) >= 11 is 0. The number of anilines is 1. The van der Waals surface area contributed by atoms with Crippen LogP contribution in [-0.2, 0) is 4.79 Å². The predicted molar refractivity (Wildman–Crippen MR) is 121 cm³/mol. The molecule has 4 N–H and O–H groups in total. The monoisotopic (exact) mass is 438 g/mol. The lowest BCUT2D eigenvalue weighted by molar-refractivity contribution is -0.122. The van der Waals surface area contributed by atoms with E-state index in [9.17, 15) is 9.90 Å². The van der Waals surface area contributed by atoms with Crippen LogP contribution in [0, 0.1) is 0 Å². The van der Waals surface area contributed by atoms with Gasteiger partial charge in [0.25, 0.3) is 0 Å². The molecule has 1 saturated carbocycles. The molecule has 32 heavy (non-hydrogen) atoms. The minimum Gasteiger partial charge on any atom is -0.508 e. The summed E-state index contributed by atoms with van der Waals surface area (Å²) in [6.45, 7) is 2.05. The number of aromatic hydroxyl groups is 1. The first-order chi connectivity index (χ1) is 15.5. The number of hydrogen-bond acceptors (Lipinski definition) is 7. The highest BCUT2D eigenvalue weighted by Gasteiger charge is 2.27. The number of fused-ring (bicyclic) bond motifs is 1. The van der Waals surface area contributed by atoms with Crippen LogP contribution < -0.4 is 10.6 Å². The summed E-state index contributed by atoms with van der Waals surface area (Å²) < 4.78 is 1.75. The van der Waals surface area contributed by atoms with Gasteiger partial charge in [-0.3, -0.25) is 4.79 Å². The molecule has 9 nitrogen and oxygen atoms in total. The third-order valence-corrected chi connectivity index (χ3v) is 6.07. The molecule has 170 valence electrons. The first-order valence-corrected chi connectivity index (χ1v) is 11.2. The maximum Gasteiger partial charge on any atom is 0.220 e. The number of aliphatic hydroxyl groups excluding tert-OH is 1. The average molecular weight is 439 g/mol. The summed E-state index contributed by atoms with van der Waals surface area (Å²) in [6.07, 6.45) is 4.85. The van der Waals surface area contributed by atoms with Crippen LogP contribution in [0.2, 0.25) is 0 Å². The van der Waals surface area contributed by atoms with E-state index in [-0.39, 0.29) is 36.3 Å². The highest BCUT2D eigenvalue weighted by molar-refractivity contribution is 5.76. The lowest BCUT2D eigenvalue weighted by Gasteiger charge is -2.33. The van der Waals surface area contributed by atoms with Crippen molar-refractivity contribution in [3.8, 4) is 5.75 Å². The predicted octanol–water partition coefficient (Wildman–Crippen LogP) is 2.59. The molecular formula is C23H30N6O3. The van der Waals surface area contributed by atoms with Gasteiger partial charge < -0.3 is 20.8 Å². The Bertz CT molecular complexity index is 1050. The maximum absolute atomic E-state index is 12.2. The third-order valence-electron chi connectivity index (χ3n) is 6.07. The number of nitrogens with one attached hydrogen (secondary N) is 2. The molecule has 0 radical (unpaired) electrons. The van der Waals surface area contributed by atoms with Crippen molar-refractivity contribution >= 4 is 17.4 Å². The van der Waals surface area contributed by atoms with Gasteiger partial charge >= 0.3 is 0 Å².